The van der Waals surface area contributed by atoms with Crippen LogP contribution in [-0.4, -0.2) is 15.8 Å². The summed E-state index contributed by atoms with van der Waals surface area (Å²) in [4.78, 5) is 4.38. The molecular formula is C23H26ClN3O. The molecule has 0 spiro atoms. The summed E-state index contributed by atoms with van der Waals surface area (Å²) >= 11 is 6.08. The van der Waals surface area contributed by atoms with E-state index in [1.165, 1.54) is 25.7 Å². The Morgan fingerprint density at radius 2 is 1.82 bits per heavy atom. The maximum Gasteiger partial charge on any atom is 0.115 e. The number of nitrogens with one attached hydrogen (secondary N) is 1. The summed E-state index contributed by atoms with van der Waals surface area (Å²) in [5, 5.41) is 15.9. The van der Waals surface area contributed by atoms with Crippen LogP contribution in [0.4, 0.5) is 5.69 Å². The molecule has 0 bridgehead atoms. The van der Waals surface area contributed by atoms with E-state index in [2.05, 4.69) is 17.3 Å². The molecule has 4 nitrogen and oxygen atoms in total. The maximum absolute atomic E-state index is 9.59. The summed E-state index contributed by atoms with van der Waals surface area (Å²) < 4.78 is 0. The predicted octanol–water partition coefficient (Wildman–Crippen LogP) is 6.77. The number of unbranched alkanes of at least 4 members (excludes halogenated alkanes) is 4. The van der Waals surface area contributed by atoms with Crippen molar-refractivity contribution < 1.29 is 5.11 Å². The van der Waals surface area contributed by atoms with Crippen molar-refractivity contribution in [1.29, 1.82) is 0 Å². The minimum Gasteiger partial charge on any atom is -0.508 e. The van der Waals surface area contributed by atoms with Crippen LogP contribution in [0.25, 0.3) is 10.9 Å². The summed E-state index contributed by atoms with van der Waals surface area (Å²) in [5.74, 6) is 0.260. The number of hydrazone groups is 1. The average molecular weight is 396 g/mol. The van der Waals surface area contributed by atoms with E-state index in [1.54, 1.807) is 18.3 Å². The number of rotatable bonds is 9. The summed E-state index contributed by atoms with van der Waals surface area (Å²) in [6, 6.07) is 14.8. The molecular weight excluding hydrogens is 370 g/mol. The van der Waals surface area contributed by atoms with E-state index in [9.17, 15) is 5.11 Å². The van der Waals surface area contributed by atoms with E-state index in [1.807, 2.05) is 36.4 Å². The first-order valence-corrected chi connectivity index (χ1v) is 10.2. The monoisotopic (exact) mass is 395 g/mol. The maximum atomic E-state index is 9.59. The predicted molar refractivity (Wildman–Crippen MR) is 118 cm³/mol. The third-order valence-corrected chi connectivity index (χ3v) is 4.97. The Bertz CT molecular complexity index is 938. The van der Waals surface area contributed by atoms with Gasteiger partial charge in [0.25, 0.3) is 0 Å². The second-order valence-electron chi connectivity index (χ2n) is 6.90. The van der Waals surface area contributed by atoms with Crippen LogP contribution in [0.2, 0.25) is 5.02 Å². The van der Waals surface area contributed by atoms with Crippen LogP contribution in [0.1, 0.15) is 51.0 Å². The molecule has 1 heterocycles. The third-order valence-electron chi connectivity index (χ3n) is 4.73. The third kappa shape index (κ3) is 5.46. The van der Waals surface area contributed by atoms with E-state index in [0.29, 0.717) is 5.02 Å². The van der Waals surface area contributed by atoms with Crippen molar-refractivity contribution in [1.82, 2.24) is 4.98 Å². The number of phenols is 1. The highest BCUT2D eigenvalue weighted by molar-refractivity contribution is 6.31. The molecule has 5 heteroatoms. The van der Waals surface area contributed by atoms with Gasteiger partial charge in [0.2, 0.25) is 0 Å². The van der Waals surface area contributed by atoms with Crippen LogP contribution in [0, 0.1) is 0 Å². The van der Waals surface area contributed by atoms with Gasteiger partial charge >= 0.3 is 0 Å². The molecule has 3 aromatic rings. The first kappa shape index (κ1) is 20.2. The molecule has 1 aromatic heterocycles. The van der Waals surface area contributed by atoms with Crippen LogP contribution < -0.4 is 5.43 Å². The molecule has 0 saturated heterocycles. The Morgan fingerprint density at radius 1 is 1.04 bits per heavy atom. The van der Waals surface area contributed by atoms with E-state index in [-0.39, 0.29) is 5.75 Å². The fourth-order valence-electron chi connectivity index (χ4n) is 3.16. The Hall–Kier alpha value is -2.59. The van der Waals surface area contributed by atoms with Crippen molar-refractivity contribution in [3.05, 3.63) is 65.3 Å². The van der Waals surface area contributed by atoms with E-state index >= 15 is 0 Å². The minimum atomic E-state index is 0.260. The first-order chi connectivity index (χ1) is 13.7. The second-order valence-corrected chi connectivity index (χ2v) is 7.34. The van der Waals surface area contributed by atoms with Gasteiger partial charge in [-0.15, -0.1) is 0 Å². The molecule has 146 valence electrons. The number of hydrogen-bond acceptors (Lipinski definition) is 4. The molecule has 2 N–H and O–H groups in total. The number of phenolic OH excluding ortho intramolecular Hbond substituents is 1. The Kier molecular flexibility index (Phi) is 7.26. The Balaban J connectivity index is 1.81. The number of pyridine rings is 1. The van der Waals surface area contributed by atoms with Crippen LogP contribution in [0.5, 0.6) is 5.75 Å². The van der Waals surface area contributed by atoms with E-state index < -0.39 is 0 Å². The number of nitrogens with zero attached hydrogens (tertiary/aromatic N) is 2. The first-order valence-electron chi connectivity index (χ1n) is 9.83. The van der Waals surface area contributed by atoms with Gasteiger partial charge in [-0.1, -0.05) is 44.2 Å². The van der Waals surface area contributed by atoms with Gasteiger partial charge in [0.05, 0.1) is 16.9 Å². The van der Waals surface area contributed by atoms with Gasteiger partial charge in [0, 0.05) is 16.6 Å². The highest BCUT2D eigenvalue weighted by Gasteiger charge is 2.07. The number of halogens is 1. The lowest BCUT2D eigenvalue weighted by Crippen LogP contribution is -2.05. The second kappa shape index (κ2) is 10.1. The molecule has 0 amide bonds. The molecule has 0 aliphatic heterocycles. The molecule has 0 saturated carbocycles. The van der Waals surface area contributed by atoms with Crippen LogP contribution in [0.15, 0.2) is 59.8 Å². The number of anilines is 1. The van der Waals surface area contributed by atoms with Crippen LogP contribution >= 0.6 is 11.6 Å². The molecule has 3 rings (SSSR count). The molecule has 2 aromatic carbocycles. The standard InChI is InChI=1S/C23H26ClN3O/c1-2-3-4-5-6-7-21(17-8-11-19(28)12-9-17)26-27-22-14-15-25-23-16-18(24)10-13-20(22)23/h8-16,28H,2-7H2,1H3,(H,25,27)/b26-21+. The summed E-state index contributed by atoms with van der Waals surface area (Å²) in [5.41, 5.74) is 6.94. The summed E-state index contributed by atoms with van der Waals surface area (Å²) in [6.07, 6.45) is 8.69. The highest BCUT2D eigenvalue weighted by Crippen LogP contribution is 2.25. The zero-order chi connectivity index (χ0) is 19.8. The largest absolute Gasteiger partial charge is 0.508 e. The zero-order valence-electron chi connectivity index (χ0n) is 16.2. The number of fused-ring (bicyclic) bond motifs is 1. The molecule has 28 heavy (non-hydrogen) atoms. The SMILES string of the molecule is CCCCCCC/C(=N\Nc1ccnc2cc(Cl)ccc12)c1ccc(O)cc1. The lowest BCUT2D eigenvalue weighted by atomic mass is 10.0. The quantitative estimate of drug-likeness (QED) is 0.239. The number of benzene rings is 2. The summed E-state index contributed by atoms with van der Waals surface area (Å²) in [6.45, 7) is 2.22. The van der Waals surface area contributed by atoms with Crippen LogP contribution in [-0.2, 0) is 0 Å². The van der Waals surface area contributed by atoms with E-state index in [0.717, 1.165) is 40.7 Å². The van der Waals surface area contributed by atoms with Gasteiger partial charge in [0.15, 0.2) is 0 Å². The van der Waals surface area contributed by atoms with Gasteiger partial charge < -0.3 is 5.11 Å². The molecule has 0 aliphatic carbocycles. The van der Waals surface area contributed by atoms with Crippen molar-refractivity contribution >= 4 is 33.9 Å². The summed E-state index contributed by atoms with van der Waals surface area (Å²) in [7, 11) is 0. The fraction of sp³-hybridized carbons (Fsp3) is 0.304. The van der Waals surface area contributed by atoms with E-state index in [4.69, 9.17) is 16.7 Å². The van der Waals surface area contributed by atoms with Crippen molar-refractivity contribution in [2.24, 2.45) is 5.10 Å². The lowest BCUT2D eigenvalue weighted by Gasteiger charge is -2.10. The fourth-order valence-corrected chi connectivity index (χ4v) is 3.33. The van der Waals surface area contributed by atoms with Gasteiger partial charge in [0.1, 0.15) is 5.75 Å². The topological polar surface area (TPSA) is 57.5 Å². The zero-order valence-corrected chi connectivity index (χ0v) is 16.9. The highest BCUT2D eigenvalue weighted by atomic mass is 35.5. The minimum absolute atomic E-state index is 0.260. The van der Waals surface area contributed by atoms with Gasteiger partial charge in [-0.3, -0.25) is 10.4 Å². The molecule has 0 unspecified atom stereocenters. The normalized spacial score (nSPS) is 11.7. The smallest absolute Gasteiger partial charge is 0.115 e. The lowest BCUT2D eigenvalue weighted by molar-refractivity contribution is 0.475. The molecule has 0 atom stereocenters. The molecule has 0 aliphatic rings. The van der Waals surface area contributed by atoms with Gasteiger partial charge in [-0.05, 0) is 66.9 Å². The van der Waals surface area contributed by atoms with Crippen molar-refractivity contribution in [2.75, 3.05) is 5.43 Å². The van der Waals surface area contributed by atoms with Gasteiger partial charge in [-0.25, -0.2) is 0 Å². The number of aromatic nitrogens is 1. The van der Waals surface area contributed by atoms with Gasteiger partial charge in [-0.2, -0.15) is 5.10 Å². The molecule has 0 fully saturated rings. The van der Waals surface area contributed by atoms with Crippen molar-refractivity contribution in [2.45, 2.75) is 45.4 Å². The van der Waals surface area contributed by atoms with Crippen LogP contribution in [0.3, 0.4) is 0 Å². The number of hydrogen-bond donors (Lipinski definition) is 2. The van der Waals surface area contributed by atoms with Crippen molar-refractivity contribution in [3.8, 4) is 5.75 Å². The molecule has 0 radical (unpaired) electrons. The van der Waals surface area contributed by atoms with Crippen molar-refractivity contribution in [3.63, 3.8) is 0 Å². The number of aromatic hydroxyl groups is 1. The average Bonchev–Trinajstić information content (AvgIpc) is 2.70. The Morgan fingerprint density at radius 3 is 2.61 bits per heavy atom. The Labute approximate surface area is 171 Å².